The molecule has 2 heterocycles. The Kier molecular flexibility index (Phi) is 1.91. The van der Waals surface area contributed by atoms with E-state index in [1.807, 2.05) is 0 Å². The van der Waals surface area contributed by atoms with Crippen LogP contribution in [0.3, 0.4) is 0 Å². The average molecular weight is 195 g/mol. The minimum atomic E-state index is 0.301. The number of ether oxygens (including phenoxy) is 1. The van der Waals surface area contributed by atoms with Crippen molar-refractivity contribution in [1.82, 2.24) is 25.2 Å². The van der Waals surface area contributed by atoms with Crippen LogP contribution in [0.25, 0.3) is 11.5 Å². The van der Waals surface area contributed by atoms with E-state index in [4.69, 9.17) is 9.15 Å². The van der Waals surface area contributed by atoms with Gasteiger partial charge in [0.2, 0.25) is 5.82 Å². The van der Waals surface area contributed by atoms with E-state index in [-0.39, 0.29) is 0 Å². The molecule has 2 aromatic heterocycles. The summed E-state index contributed by atoms with van der Waals surface area (Å²) in [6.45, 7) is 1.72. The molecule has 0 bridgehead atoms. The van der Waals surface area contributed by atoms with Gasteiger partial charge in [0.05, 0.1) is 14.2 Å². The number of tetrazole rings is 1. The number of aryl methyl sites for hydroxylation is 2. The van der Waals surface area contributed by atoms with Crippen molar-refractivity contribution in [1.29, 1.82) is 0 Å². The van der Waals surface area contributed by atoms with Gasteiger partial charge in [-0.2, -0.15) is 4.80 Å². The smallest absolute Gasteiger partial charge is 0.316 e. The van der Waals surface area contributed by atoms with Gasteiger partial charge in [0.1, 0.15) is 0 Å². The molecule has 0 fully saturated rings. The van der Waals surface area contributed by atoms with Crippen molar-refractivity contribution in [3.05, 3.63) is 5.89 Å². The molecular weight excluding hydrogens is 186 g/mol. The molecule has 0 aliphatic carbocycles. The van der Waals surface area contributed by atoms with Crippen LogP contribution in [0.5, 0.6) is 5.95 Å². The third-order valence-corrected chi connectivity index (χ3v) is 1.61. The van der Waals surface area contributed by atoms with Crippen LogP contribution < -0.4 is 4.74 Å². The minimum Gasteiger partial charge on any atom is -0.467 e. The van der Waals surface area contributed by atoms with Crippen molar-refractivity contribution < 1.29 is 9.15 Å². The molecule has 74 valence electrons. The van der Waals surface area contributed by atoms with Crippen molar-refractivity contribution in [2.45, 2.75) is 6.92 Å². The highest BCUT2D eigenvalue weighted by Crippen LogP contribution is 2.26. The van der Waals surface area contributed by atoms with Gasteiger partial charge in [-0.15, -0.1) is 10.2 Å². The first kappa shape index (κ1) is 8.67. The fraction of sp³-hybridized carbons (Fsp3) is 0.429. The van der Waals surface area contributed by atoms with Gasteiger partial charge >= 0.3 is 5.95 Å². The highest BCUT2D eigenvalue weighted by Gasteiger charge is 2.17. The fourth-order valence-electron chi connectivity index (χ4n) is 1.07. The van der Waals surface area contributed by atoms with E-state index in [2.05, 4.69) is 20.4 Å². The van der Waals surface area contributed by atoms with E-state index in [0.717, 1.165) is 0 Å². The lowest BCUT2D eigenvalue weighted by Gasteiger charge is -1.92. The summed E-state index contributed by atoms with van der Waals surface area (Å²) in [6, 6.07) is 0. The molecule has 7 heteroatoms. The Morgan fingerprint density at radius 1 is 1.43 bits per heavy atom. The molecule has 0 spiro atoms. The van der Waals surface area contributed by atoms with E-state index >= 15 is 0 Å². The predicted molar refractivity (Wildman–Crippen MR) is 45.6 cm³/mol. The largest absolute Gasteiger partial charge is 0.467 e. The number of rotatable bonds is 2. The molecule has 0 atom stereocenters. The maximum absolute atomic E-state index is 5.18. The van der Waals surface area contributed by atoms with Crippen molar-refractivity contribution in [2.75, 3.05) is 7.11 Å². The lowest BCUT2D eigenvalue weighted by Crippen LogP contribution is -1.92. The predicted octanol–water partition coefficient (Wildman–Crippen LogP) is 0.182. The molecule has 0 saturated carbocycles. The quantitative estimate of drug-likeness (QED) is 0.680. The normalized spacial score (nSPS) is 10.5. The molecule has 2 aromatic rings. The van der Waals surface area contributed by atoms with Gasteiger partial charge in [0.15, 0.2) is 11.6 Å². The zero-order chi connectivity index (χ0) is 10.1. The number of hydrogen-bond donors (Lipinski definition) is 0. The zero-order valence-corrected chi connectivity index (χ0v) is 8.05. The van der Waals surface area contributed by atoms with Crippen LogP contribution in [0.4, 0.5) is 0 Å². The summed E-state index contributed by atoms with van der Waals surface area (Å²) in [4.78, 5) is 5.44. The van der Waals surface area contributed by atoms with Crippen LogP contribution in [-0.2, 0) is 7.05 Å². The van der Waals surface area contributed by atoms with Gasteiger partial charge in [-0.1, -0.05) is 0 Å². The maximum atomic E-state index is 5.18. The summed E-state index contributed by atoms with van der Waals surface area (Å²) < 4.78 is 10.2. The number of nitrogens with zero attached hydrogens (tertiary/aromatic N) is 5. The maximum Gasteiger partial charge on any atom is 0.316 e. The van der Waals surface area contributed by atoms with Gasteiger partial charge in [-0.05, 0) is 5.21 Å². The lowest BCUT2D eigenvalue weighted by molar-refractivity contribution is 0.298. The van der Waals surface area contributed by atoms with E-state index < -0.39 is 0 Å². The van der Waals surface area contributed by atoms with Gasteiger partial charge in [-0.25, -0.2) is 4.98 Å². The van der Waals surface area contributed by atoms with E-state index in [0.29, 0.717) is 23.4 Å². The summed E-state index contributed by atoms with van der Waals surface area (Å²) in [5.74, 6) is 1.20. The monoisotopic (exact) mass is 195 g/mol. The Morgan fingerprint density at radius 3 is 2.79 bits per heavy atom. The second kappa shape index (κ2) is 3.09. The van der Waals surface area contributed by atoms with E-state index in [9.17, 15) is 0 Å². The summed E-state index contributed by atoms with van der Waals surface area (Å²) in [5, 5.41) is 11.5. The van der Waals surface area contributed by atoms with Gasteiger partial charge < -0.3 is 9.15 Å². The Bertz CT molecular complexity index is 447. The van der Waals surface area contributed by atoms with Gasteiger partial charge in [-0.3, -0.25) is 0 Å². The first-order valence-electron chi connectivity index (χ1n) is 3.96. The molecule has 7 nitrogen and oxygen atoms in total. The molecule has 0 N–H and O–H groups in total. The Morgan fingerprint density at radius 2 is 2.21 bits per heavy atom. The molecule has 0 aromatic carbocycles. The highest BCUT2D eigenvalue weighted by atomic mass is 16.6. The Hall–Kier alpha value is -1.92. The van der Waals surface area contributed by atoms with E-state index in [1.54, 1.807) is 14.0 Å². The Labute approximate surface area is 79.7 Å². The molecule has 14 heavy (non-hydrogen) atoms. The molecule has 0 unspecified atom stereocenters. The number of hydrogen-bond acceptors (Lipinski definition) is 6. The first-order chi connectivity index (χ1) is 6.70. The molecule has 0 radical (unpaired) electrons. The summed E-state index contributed by atoms with van der Waals surface area (Å²) in [7, 11) is 3.18. The third-order valence-electron chi connectivity index (χ3n) is 1.61. The Balaban J connectivity index is 2.49. The molecule has 2 rings (SSSR count). The lowest BCUT2D eigenvalue weighted by atomic mass is 10.4. The average Bonchev–Trinajstić information content (AvgIpc) is 2.71. The second-order valence-electron chi connectivity index (χ2n) is 2.68. The van der Waals surface area contributed by atoms with Crippen LogP contribution >= 0.6 is 0 Å². The number of oxazole rings is 1. The summed E-state index contributed by atoms with van der Waals surface area (Å²) >= 11 is 0. The van der Waals surface area contributed by atoms with Gasteiger partial charge in [0, 0.05) is 6.92 Å². The van der Waals surface area contributed by atoms with Crippen molar-refractivity contribution >= 4 is 0 Å². The SMILES string of the molecule is COc1oc(C)nc1-c1nnn(C)n1. The van der Waals surface area contributed by atoms with Gasteiger partial charge in [0.25, 0.3) is 0 Å². The minimum absolute atomic E-state index is 0.301. The zero-order valence-electron chi connectivity index (χ0n) is 8.05. The highest BCUT2D eigenvalue weighted by molar-refractivity contribution is 5.54. The van der Waals surface area contributed by atoms with Crippen molar-refractivity contribution in [3.63, 3.8) is 0 Å². The van der Waals surface area contributed by atoms with Crippen molar-refractivity contribution in [2.24, 2.45) is 7.05 Å². The topological polar surface area (TPSA) is 78.9 Å². The number of aromatic nitrogens is 5. The van der Waals surface area contributed by atoms with Crippen molar-refractivity contribution in [3.8, 4) is 17.5 Å². The molecular formula is C7H9N5O2. The summed E-state index contributed by atoms with van der Waals surface area (Å²) in [5.41, 5.74) is 0.470. The molecule has 0 aliphatic rings. The first-order valence-corrected chi connectivity index (χ1v) is 3.96. The van der Waals surface area contributed by atoms with E-state index in [1.165, 1.54) is 11.9 Å². The summed E-state index contributed by atoms with van der Waals surface area (Å²) in [6.07, 6.45) is 0. The molecule has 0 saturated heterocycles. The third kappa shape index (κ3) is 1.32. The standard InChI is InChI=1S/C7H9N5O2/c1-4-8-5(7(13-3)14-4)6-9-11-12(2)10-6/h1-3H3. The van der Waals surface area contributed by atoms with Crippen LogP contribution in [0.2, 0.25) is 0 Å². The van der Waals surface area contributed by atoms with Crippen LogP contribution in [-0.4, -0.2) is 32.3 Å². The van der Waals surface area contributed by atoms with Crippen LogP contribution in [0.1, 0.15) is 5.89 Å². The number of methoxy groups -OCH3 is 1. The fourth-order valence-corrected chi connectivity index (χ4v) is 1.07. The molecule has 0 aliphatic heterocycles. The van der Waals surface area contributed by atoms with Crippen LogP contribution in [0.15, 0.2) is 4.42 Å². The second-order valence-corrected chi connectivity index (χ2v) is 2.68. The molecule has 0 amide bonds. The van der Waals surface area contributed by atoms with Crippen LogP contribution in [0, 0.1) is 6.92 Å².